The molecule has 2 aromatic rings. The van der Waals surface area contributed by atoms with Crippen molar-refractivity contribution in [3.05, 3.63) is 35.4 Å². The second kappa shape index (κ2) is 6.56. The summed E-state index contributed by atoms with van der Waals surface area (Å²) in [6, 6.07) is 3.73. The quantitative estimate of drug-likeness (QED) is 0.623. The molecule has 0 aromatic carbocycles. The fourth-order valence-electron chi connectivity index (χ4n) is 1.84. The van der Waals surface area contributed by atoms with Crippen LogP contribution in [0.3, 0.4) is 0 Å². The Morgan fingerprint density at radius 3 is 2.40 bits per heavy atom. The Bertz CT molecular complexity index is 585. The summed E-state index contributed by atoms with van der Waals surface area (Å²) < 4.78 is 10.6. The minimum atomic E-state index is 0.628. The van der Waals surface area contributed by atoms with Crippen LogP contribution in [0.5, 0.6) is 11.5 Å². The SMILES string of the molecule is COc1ccnc(CSc2nc(C)cc(C)n2)c1OC. The van der Waals surface area contributed by atoms with Crippen LogP contribution in [0.1, 0.15) is 17.1 Å². The van der Waals surface area contributed by atoms with Gasteiger partial charge in [0.2, 0.25) is 0 Å². The molecule has 0 aliphatic carbocycles. The minimum Gasteiger partial charge on any atom is -0.493 e. The lowest BCUT2D eigenvalue weighted by Gasteiger charge is -2.11. The molecule has 20 heavy (non-hydrogen) atoms. The zero-order chi connectivity index (χ0) is 14.5. The maximum atomic E-state index is 5.36. The summed E-state index contributed by atoms with van der Waals surface area (Å²) in [6.07, 6.45) is 1.71. The monoisotopic (exact) mass is 291 g/mol. The van der Waals surface area contributed by atoms with E-state index in [0.717, 1.165) is 22.2 Å². The van der Waals surface area contributed by atoms with Crippen LogP contribution in [0, 0.1) is 13.8 Å². The van der Waals surface area contributed by atoms with E-state index in [-0.39, 0.29) is 0 Å². The third-order valence-electron chi connectivity index (χ3n) is 2.67. The maximum Gasteiger partial charge on any atom is 0.188 e. The van der Waals surface area contributed by atoms with Gasteiger partial charge in [0.25, 0.3) is 0 Å². The van der Waals surface area contributed by atoms with Crippen LogP contribution < -0.4 is 9.47 Å². The number of aromatic nitrogens is 3. The molecule has 0 aliphatic heterocycles. The fraction of sp³-hybridized carbons (Fsp3) is 0.357. The summed E-state index contributed by atoms with van der Waals surface area (Å²) in [4.78, 5) is 13.1. The Kier molecular flexibility index (Phi) is 4.79. The molecule has 0 N–H and O–H groups in total. The van der Waals surface area contributed by atoms with Crippen molar-refractivity contribution in [1.29, 1.82) is 0 Å². The average molecular weight is 291 g/mol. The molecular weight excluding hydrogens is 274 g/mol. The normalized spacial score (nSPS) is 10.4. The molecule has 0 bridgehead atoms. The number of methoxy groups -OCH3 is 2. The second-order valence-electron chi connectivity index (χ2n) is 4.22. The molecule has 0 aliphatic rings. The summed E-state index contributed by atoms with van der Waals surface area (Å²) in [5, 5.41) is 0.745. The summed E-state index contributed by atoms with van der Waals surface area (Å²) in [6.45, 7) is 3.92. The largest absolute Gasteiger partial charge is 0.493 e. The van der Waals surface area contributed by atoms with E-state index in [0.29, 0.717) is 17.3 Å². The lowest BCUT2D eigenvalue weighted by atomic mass is 10.3. The highest BCUT2D eigenvalue weighted by atomic mass is 32.2. The topological polar surface area (TPSA) is 57.1 Å². The zero-order valence-electron chi connectivity index (χ0n) is 12.0. The molecule has 0 spiro atoms. The van der Waals surface area contributed by atoms with Gasteiger partial charge in [0.1, 0.15) is 0 Å². The number of ether oxygens (including phenoxy) is 2. The van der Waals surface area contributed by atoms with Crippen LogP contribution in [-0.2, 0) is 5.75 Å². The van der Waals surface area contributed by atoms with Crippen molar-refractivity contribution in [2.24, 2.45) is 0 Å². The first-order valence-corrected chi connectivity index (χ1v) is 7.13. The van der Waals surface area contributed by atoms with Gasteiger partial charge in [0, 0.05) is 29.4 Å². The standard InChI is InChI=1S/C14H17N3O2S/c1-9-7-10(2)17-14(16-9)20-8-11-13(19-4)12(18-3)5-6-15-11/h5-7H,8H2,1-4H3. The Hall–Kier alpha value is -1.82. The maximum absolute atomic E-state index is 5.36. The Morgan fingerprint density at radius 2 is 1.80 bits per heavy atom. The Morgan fingerprint density at radius 1 is 1.10 bits per heavy atom. The van der Waals surface area contributed by atoms with Crippen molar-refractivity contribution in [3.8, 4) is 11.5 Å². The van der Waals surface area contributed by atoms with Crippen LogP contribution in [0.15, 0.2) is 23.5 Å². The van der Waals surface area contributed by atoms with E-state index in [9.17, 15) is 0 Å². The molecule has 0 saturated carbocycles. The number of rotatable bonds is 5. The molecule has 0 saturated heterocycles. The van der Waals surface area contributed by atoms with Gasteiger partial charge in [0.05, 0.1) is 19.9 Å². The van der Waals surface area contributed by atoms with E-state index in [2.05, 4.69) is 15.0 Å². The second-order valence-corrected chi connectivity index (χ2v) is 5.16. The van der Waals surface area contributed by atoms with Gasteiger partial charge >= 0.3 is 0 Å². The Balaban J connectivity index is 2.18. The van der Waals surface area contributed by atoms with Gasteiger partial charge in [-0.2, -0.15) is 0 Å². The highest BCUT2D eigenvalue weighted by Crippen LogP contribution is 2.32. The van der Waals surface area contributed by atoms with E-state index in [1.807, 2.05) is 19.9 Å². The number of thioether (sulfide) groups is 1. The third-order valence-corrected chi connectivity index (χ3v) is 3.52. The highest BCUT2D eigenvalue weighted by molar-refractivity contribution is 7.98. The van der Waals surface area contributed by atoms with Crippen LogP contribution in [0.25, 0.3) is 0 Å². The highest BCUT2D eigenvalue weighted by Gasteiger charge is 2.12. The molecule has 106 valence electrons. The number of pyridine rings is 1. The summed E-state index contributed by atoms with van der Waals surface area (Å²) in [5.74, 6) is 1.97. The molecule has 0 radical (unpaired) electrons. The molecule has 0 unspecified atom stereocenters. The fourth-order valence-corrected chi connectivity index (χ4v) is 2.73. The lowest BCUT2D eigenvalue weighted by Crippen LogP contribution is -1.99. The first-order chi connectivity index (χ1) is 9.63. The van der Waals surface area contributed by atoms with Crippen molar-refractivity contribution in [1.82, 2.24) is 15.0 Å². The molecule has 6 heteroatoms. The van der Waals surface area contributed by atoms with Gasteiger partial charge in [-0.05, 0) is 19.9 Å². The number of hydrogen-bond acceptors (Lipinski definition) is 6. The molecule has 5 nitrogen and oxygen atoms in total. The molecule has 2 heterocycles. The Labute approximate surface area is 122 Å². The smallest absolute Gasteiger partial charge is 0.188 e. The van der Waals surface area contributed by atoms with Crippen molar-refractivity contribution in [2.45, 2.75) is 24.8 Å². The van der Waals surface area contributed by atoms with E-state index < -0.39 is 0 Å². The first-order valence-electron chi connectivity index (χ1n) is 6.15. The van der Waals surface area contributed by atoms with E-state index in [1.165, 1.54) is 11.8 Å². The third kappa shape index (κ3) is 3.39. The zero-order valence-corrected chi connectivity index (χ0v) is 12.8. The average Bonchev–Trinajstić information content (AvgIpc) is 2.43. The molecule has 0 atom stereocenters. The van der Waals surface area contributed by atoms with E-state index in [4.69, 9.17) is 9.47 Å². The van der Waals surface area contributed by atoms with Gasteiger partial charge in [0.15, 0.2) is 16.7 Å². The summed E-state index contributed by atoms with van der Waals surface area (Å²) >= 11 is 1.53. The van der Waals surface area contributed by atoms with Crippen molar-refractivity contribution in [3.63, 3.8) is 0 Å². The first kappa shape index (κ1) is 14.6. The number of nitrogens with zero attached hydrogens (tertiary/aromatic N) is 3. The van der Waals surface area contributed by atoms with Gasteiger partial charge in [-0.3, -0.25) is 4.98 Å². The van der Waals surface area contributed by atoms with Gasteiger partial charge in [-0.25, -0.2) is 9.97 Å². The van der Waals surface area contributed by atoms with E-state index >= 15 is 0 Å². The predicted octanol–water partition coefficient (Wildman–Crippen LogP) is 2.80. The van der Waals surface area contributed by atoms with Gasteiger partial charge in [-0.1, -0.05) is 11.8 Å². The summed E-state index contributed by atoms with van der Waals surface area (Å²) in [5.41, 5.74) is 2.75. The van der Waals surface area contributed by atoms with Crippen LogP contribution in [0.4, 0.5) is 0 Å². The predicted molar refractivity (Wildman–Crippen MR) is 78.4 cm³/mol. The molecule has 2 rings (SSSR count). The number of aryl methyl sites for hydroxylation is 2. The van der Waals surface area contributed by atoms with Crippen molar-refractivity contribution in [2.75, 3.05) is 14.2 Å². The lowest BCUT2D eigenvalue weighted by molar-refractivity contribution is 0.350. The molecule has 0 fully saturated rings. The van der Waals surface area contributed by atoms with Gasteiger partial charge in [-0.15, -0.1) is 0 Å². The van der Waals surface area contributed by atoms with Crippen molar-refractivity contribution >= 4 is 11.8 Å². The summed E-state index contributed by atoms with van der Waals surface area (Å²) in [7, 11) is 3.23. The molecular formula is C14H17N3O2S. The number of hydrogen-bond donors (Lipinski definition) is 0. The van der Waals surface area contributed by atoms with E-state index in [1.54, 1.807) is 26.5 Å². The van der Waals surface area contributed by atoms with Crippen LogP contribution in [0.2, 0.25) is 0 Å². The molecule has 2 aromatic heterocycles. The van der Waals surface area contributed by atoms with Gasteiger partial charge < -0.3 is 9.47 Å². The van der Waals surface area contributed by atoms with Crippen LogP contribution in [-0.4, -0.2) is 29.2 Å². The minimum absolute atomic E-state index is 0.628. The van der Waals surface area contributed by atoms with Crippen molar-refractivity contribution < 1.29 is 9.47 Å². The molecule has 0 amide bonds. The van der Waals surface area contributed by atoms with Crippen LogP contribution >= 0.6 is 11.8 Å².